The van der Waals surface area contributed by atoms with Gasteiger partial charge in [-0.1, -0.05) is 6.07 Å². The van der Waals surface area contributed by atoms with Gasteiger partial charge in [0.1, 0.15) is 13.1 Å². The first-order valence-corrected chi connectivity index (χ1v) is 8.53. The molecule has 1 saturated heterocycles. The van der Waals surface area contributed by atoms with Crippen LogP contribution in [0.15, 0.2) is 17.2 Å². The Morgan fingerprint density at radius 1 is 1.22 bits per heavy atom. The molecule has 1 aliphatic heterocycles. The molecule has 1 heterocycles. The number of hydrogen-bond acceptors (Lipinski definition) is 3. The number of morpholine rings is 1. The molecule has 23 heavy (non-hydrogen) atoms. The zero-order valence-corrected chi connectivity index (χ0v) is 15.1. The lowest BCUT2D eigenvalue weighted by atomic mass is 10.0. The lowest BCUT2D eigenvalue weighted by molar-refractivity contribution is -0.906. The van der Waals surface area contributed by atoms with E-state index in [2.05, 4.69) is 48.7 Å². The van der Waals surface area contributed by atoms with E-state index in [1.54, 1.807) is 4.90 Å². The summed E-state index contributed by atoms with van der Waals surface area (Å²) >= 11 is 5.25. The summed E-state index contributed by atoms with van der Waals surface area (Å²) in [6, 6.07) is 4.33. The minimum absolute atomic E-state index is 0.565. The number of thiocarbonyl (C=S) groups is 1. The molecule has 1 fully saturated rings. The first-order valence-electron chi connectivity index (χ1n) is 8.12. The Morgan fingerprint density at radius 3 is 2.65 bits per heavy atom. The molecule has 5 nitrogen and oxygen atoms in total. The Morgan fingerprint density at radius 2 is 1.91 bits per heavy atom. The standard InChI is InChI=1S/C17H26N4OS/c1-13-10-15(3)16(11-14(13)2)12-19-20-17(23)18-4-5-21-6-8-22-9-7-21/h10-12H,4-9H2,1-3H3,(H2,18,20,23)/p+1/b19-12-. The second kappa shape index (κ2) is 8.96. The lowest BCUT2D eigenvalue weighted by Gasteiger charge is -2.23. The monoisotopic (exact) mass is 335 g/mol. The van der Waals surface area contributed by atoms with Crippen LogP contribution in [-0.4, -0.2) is 50.7 Å². The van der Waals surface area contributed by atoms with Gasteiger partial charge >= 0.3 is 0 Å². The number of rotatable bonds is 5. The van der Waals surface area contributed by atoms with Crippen LogP contribution in [0.1, 0.15) is 22.3 Å². The highest BCUT2D eigenvalue weighted by molar-refractivity contribution is 7.80. The Labute approximate surface area is 144 Å². The summed E-state index contributed by atoms with van der Waals surface area (Å²) in [5.41, 5.74) is 7.79. The fourth-order valence-electron chi connectivity index (χ4n) is 2.58. The molecule has 0 radical (unpaired) electrons. The van der Waals surface area contributed by atoms with Crippen molar-refractivity contribution in [2.45, 2.75) is 20.8 Å². The van der Waals surface area contributed by atoms with Gasteiger partial charge in [0.2, 0.25) is 0 Å². The molecule has 0 spiro atoms. The van der Waals surface area contributed by atoms with Crippen LogP contribution >= 0.6 is 12.2 Å². The van der Waals surface area contributed by atoms with Gasteiger partial charge in [-0.05, 0) is 61.3 Å². The van der Waals surface area contributed by atoms with Crippen LogP contribution in [0.5, 0.6) is 0 Å². The van der Waals surface area contributed by atoms with Gasteiger partial charge in [0.05, 0.1) is 32.5 Å². The van der Waals surface area contributed by atoms with Crippen molar-refractivity contribution in [2.75, 3.05) is 39.4 Å². The second-order valence-electron chi connectivity index (χ2n) is 6.03. The van der Waals surface area contributed by atoms with E-state index in [4.69, 9.17) is 17.0 Å². The van der Waals surface area contributed by atoms with Crippen LogP contribution in [0.3, 0.4) is 0 Å². The molecular formula is C17H27N4OS+. The molecule has 1 aromatic rings. The summed E-state index contributed by atoms with van der Waals surface area (Å²) in [4.78, 5) is 1.56. The molecule has 1 aliphatic rings. The van der Waals surface area contributed by atoms with Crippen LogP contribution < -0.4 is 15.6 Å². The Balaban J connectivity index is 1.72. The van der Waals surface area contributed by atoms with Gasteiger partial charge in [0.15, 0.2) is 5.11 Å². The molecule has 0 atom stereocenters. The average Bonchev–Trinajstić information content (AvgIpc) is 2.53. The molecule has 6 heteroatoms. The van der Waals surface area contributed by atoms with E-state index >= 15 is 0 Å². The summed E-state index contributed by atoms with van der Waals surface area (Å²) in [7, 11) is 0. The van der Waals surface area contributed by atoms with E-state index in [1.165, 1.54) is 16.7 Å². The fraction of sp³-hybridized carbons (Fsp3) is 0.529. The molecule has 0 amide bonds. The molecule has 0 unspecified atom stereocenters. The molecule has 0 saturated carbocycles. The third kappa shape index (κ3) is 5.89. The maximum atomic E-state index is 5.35. The van der Waals surface area contributed by atoms with E-state index in [0.717, 1.165) is 45.0 Å². The molecular weight excluding hydrogens is 308 g/mol. The second-order valence-corrected chi connectivity index (χ2v) is 6.44. The van der Waals surface area contributed by atoms with Gasteiger partial charge < -0.3 is 15.0 Å². The number of ether oxygens (including phenoxy) is 1. The van der Waals surface area contributed by atoms with Gasteiger partial charge in [-0.15, -0.1) is 0 Å². The van der Waals surface area contributed by atoms with Crippen molar-refractivity contribution in [3.05, 3.63) is 34.4 Å². The predicted octanol–water partition coefficient (Wildman–Crippen LogP) is 0.325. The van der Waals surface area contributed by atoms with Crippen molar-refractivity contribution < 1.29 is 9.64 Å². The summed E-state index contributed by atoms with van der Waals surface area (Å²) in [6.07, 6.45) is 1.82. The first kappa shape index (κ1) is 17.8. The van der Waals surface area contributed by atoms with Crippen molar-refractivity contribution in [3.63, 3.8) is 0 Å². The van der Waals surface area contributed by atoms with Crippen LogP contribution in [0, 0.1) is 20.8 Å². The highest BCUT2D eigenvalue weighted by Gasteiger charge is 2.12. The quantitative estimate of drug-likeness (QED) is 0.412. The largest absolute Gasteiger partial charge is 0.370 e. The number of hydrogen-bond donors (Lipinski definition) is 3. The predicted molar refractivity (Wildman–Crippen MR) is 98.4 cm³/mol. The van der Waals surface area contributed by atoms with Crippen molar-refractivity contribution in [1.29, 1.82) is 0 Å². The zero-order valence-electron chi connectivity index (χ0n) is 14.2. The Hall–Kier alpha value is -1.50. The summed E-state index contributed by atoms with van der Waals surface area (Å²) in [6.45, 7) is 12.1. The van der Waals surface area contributed by atoms with Gasteiger partial charge in [-0.2, -0.15) is 5.10 Å². The average molecular weight is 335 g/mol. The maximum absolute atomic E-state index is 5.35. The summed E-state index contributed by atoms with van der Waals surface area (Å²) < 4.78 is 5.35. The van der Waals surface area contributed by atoms with Crippen molar-refractivity contribution >= 4 is 23.5 Å². The van der Waals surface area contributed by atoms with Gasteiger partial charge in [-0.3, -0.25) is 5.43 Å². The van der Waals surface area contributed by atoms with Gasteiger partial charge in [-0.25, -0.2) is 0 Å². The van der Waals surface area contributed by atoms with Crippen molar-refractivity contribution in [2.24, 2.45) is 5.10 Å². The van der Waals surface area contributed by atoms with Crippen molar-refractivity contribution in [1.82, 2.24) is 10.7 Å². The molecule has 126 valence electrons. The minimum atomic E-state index is 0.565. The third-order valence-corrected chi connectivity index (χ3v) is 4.45. The molecule has 0 aromatic heterocycles. The Bertz CT molecular complexity index is 568. The van der Waals surface area contributed by atoms with Crippen molar-refractivity contribution in [3.8, 4) is 0 Å². The van der Waals surface area contributed by atoms with Crippen LogP contribution in [0.4, 0.5) is 0 Å². The molecule has 0 bridgehead atoms. The van der Waals surface area contributed by atoms with Gasteiger partial charge in [0.25, 0.3) is 0 Å². The number of nitrogens with zero attached hydrogens (tertiary/aromatic N) is 1. The van der Waals surface area contributed by atoms with E-state index in [0.29, 0.717) is 5.11 Å². The minimum Gasteiger partial charge on any atom is -0.370 e. The zero-order chi connectivity index (χ0) is 16.7. The van der Waals surface area contributed by atoms with E-state index in [-0.39, 0.29) is 0 Å². The fourth-order valence-corrected chi connectivity index (χ4v) is 2.74. The number of aryl methyl sites for hydroxylation is 3. The van der Waals surface area contributed by atoms with Gasteiger partial charge in [0, 0.05) is 0 Å². The third-order valence-electron chi connectivity index (χ3n) is 4.22. The number of benzene rings is 1. The summed E-state index contributed by atoms with van der Waals surface area (Å²) in [5.74, 6) is 0. The topological polar surface area (TPSA) is 50.1 Å². The first-order chi connectivity index (χ1) is 11.1. The maximum Gasteiger partial charge on any atom is 0.187 e. The normalized spacial score (nSPS) is 15.8. The summed E-state index contributed by atoms with van der Waals surface area (Å²) in [5, 5.41) is 7.99. The van der Waals surface area contributed by atoms with Crippen LogP contribution in [0.25, 0.3) is 0 Å². The molecule has 1 aromatic carbocycles. The van der Waals surface area contributed by atoms with E-state index < -0.39 is 0 Å². The molecule has 3 N–H and O–H groups in total. The Kier molecular flexibility index (Phi) is 6.95. The van der Waals surface area contributed by atoms with E-state index in [9.17, 15) is 0 Å². The molecule has 2 rings (SSSR count). The number of quaternary nitrogens is 1. The van der Waals surface area contributed by atoms with Crippen LogP contribution in [0.2, 0.25) is 0 Å². The SMILES string of the molecule is Cc1cc(C)c(/C=N\NC(=S)NCC[NH+]2CCOCC2)cc1C. The number of nitrogens with one attached hydrogen (secondary N) is 3. The van der Waals surface area contributed by atoms with Crippen LogP contribution in [-0.2, 0) is 4.74 Å². The lowest BCUT2D eigenvalue weighted by Crippen LogP contribution is -3.14. The molecule has 0 aliphatic carbocycles. The highest BCUT2D eigenvalue weighted by Crippen LogP contribution is 2.13. The van der Waals surface area contributed by atoms with E-state index in [1.807, 2.05) is 6.21 Å². The smallest absolute Gasteiger partial charge is 0.187 e. The highest BCUT2D eigenvalue weighted by atomic mass is 32.1. The number of hydrazone groups is 1.